The minimum absolute atomic E-state index is 0.0360. The number of hydrogen-bond donors (Lipinski definition) is 0. The maximum absolute atomic E-state index is 11.8. The van der Waals surface area contributed by atoms with E-state index in [4.69, 9.17) is 9.47 Å². The molecule has 0 heterocycles. The van der Waals surface area contributed by atoms with E-state index in [0.717, 1.165) is 25.7 Å². The van der Waals surface area contributed by atoms with Gasteiger partial charge < -0.3 is 9.47 Å². The summed E-state index contributed by atoms with van der Waals surface area (Å²) in [7, 11) is 1.72. The second kappa shape index (κ2) is 6.11. The zero-order valence-electron chi connectivity index (χ0n) is 9.99. The summed E-state index contributed by atoms with van der Waals surface area (Å²) in [5.41, 5.74) is 0. The monoisotopic (exact) mass is 214 g/mol. The lowest BCUT2D eigenvalue weighted by Gasteiger charge is -2.31. The maximum atomic E-state index is 11.8. The second-order valence-electron chi connectivity index (χ2n) is 4.42. The van der Waals surface area contributed by atoms with Gasteiger partial charge in [0.05, 0.1) is 18.6 Å². The molecule has 1 rings (SSSR count). The number of ether oxygens (including phenoxy) is 2. The Morgan fingerprint density at radius 2 is 2.13 bits per heavy atom. The number of methoxy groups -OCH3 is 1. The lowest BCUT2D eigenvalue weighted by molar-refractivity contribution is -0.153. The molecule has 0 aromatic carbocycles. The van der Waals surface area contributed by atoms with E-state index >= 15 is 0 Å². The van der Waals surface area contributed by atoms with Crippen molar-refractivity contribution in [1.82, 2.24) is 0 Å². The molecule has 3 atom stereocenters. The number of esters is 1. The third-order valence-electron chi connectivity index (χ3n) is 3.23. The Bertz CT molecular complexity index is 203. The standard InChI is InChI=1S/C12H22O3/c1-4-7-15-12(13)11-8-10(14-3)6-5-9(11)2/h9-11H,4-8H2,1-3H3/t9-,10-,11-/m1/s1. The first-order valence-electron chi connectivity index (χ1n) is 5.88. The van der Waals surface area contributed by atoms with Crippen molar-refractivity contribution in [3.05, 3.63) is 0 Å². The highest BCUT2D eigenvalue weighted by molar-refractivity contribution is 5.72. The molecule has 0 bridgehead atoms. The summed E-state index contributed by atoms with van der Waals surface area (Å²) in [6.07, 6.45) is 4.07. The molecule has 1 saturated carbocycles. The molecule has 0 amide bonds. The van der Waals surface area contributed by atoms with Crippen LogP contribution >= 0.6 is 0 Å². The van der Waals surface area contributed by atoms with Gasteiger partial charge in [-0.2, -0.15) is 0 Å². The molecule has 0 aromatic rings. The van der Waals surface area contributed by atoms with Gasteiger partial charge in [-0.1, -0.05) is 13.8 Å². The van der Waals surface area contributed by atoms with E-state index in [9.17, 15) is 4.79 Å². The van der Waals surface area contributed by atoms with E-state index in [1.54, 1.807) is 7.11 Å². The minimum Gasteiger partial charge on any atom is -0.465 e. The topological polar surface area (TPSA) is 35.5 Å². The average molecular weight is 214 g/mol. The molecule has 0 radical (unpaired) electrons. The fraction of sp³-hybridized carbons (Fsp3) is 0.917. The summed E-state index contributed by atoms with van der Waals surface area (Å²) >= 11 is 0. The molecule has 0 unspecified atom stereocenters. The smallest absolute Gasteiger partial charge is 0.309 e. The van der Waals surface area contributed by atoms with E-state index in [2.05, 4.69) is 6.92 Å². The van der Waals surface area contributed by atoms with Gasteiger partial charge in [0, 0.05) is 7.11 Å². The van der Waals surface area contributed by atoms with Gasteiger partial charge in [-0.3, -0.25) is 4.79 Å². The molecule has 0 saturated heterocycles. The normalized spacial score (nSPS) is 31.3. The zero-order valence-corrected chi connectivity index (χ0v) is 9.99. The molecule has 1 fully saturated rings. The highest BCUT2D eigenvalue weighted by atomic mass is 16.5. The van der Waals surface area contributed by atoms with Gasteiger partial charge in [0.1, 0.15) is 0 Å². The van der Waals surface area contributed by atoms with E-state index in [1.807, 2.05) is 6.92 Å². The first kappa shape index (κ1) is 12.5. The van der Waals surface area contributed by atoms with Crippen molar-refractivity contribution in [1.29, 1.82) is 0 Å². The number of carbonyl (C=O) groups excluding carboxylic acids is 1. The summed E-state index contributed by atoms with van der Waals surface area (Å²) in [4.78, 5) is 11.8. The predicted octanol–water partition coefficient (Wildman–Crippen LogP) is 2.39. The summed E-state index contributed by atoms with van der Waals surface area (Å²) in [5.74, 6) is 0.433. The van der Waals surface area contributed by atoms with Crippen LogP contribution in [0.15, 0.2) is 0 Å². The number of rotatable bonds is 4. The fourth-order valence-electron chi connectivity index (χ4n) is 2.14. The third-order valence-corrected chi connectivity index (χ3v) is 3.23. The Balaban J connectivity index is 2.46. The fourth-order valence-corrected chi connectivity index (χ4v) is 2.14. The van der Waals surface area contributed by atoms with Crippen molar-refractivity contribution < 1.29 is 14.3 Å². The molecular formula is C12H22O3. The Morgan fingerprint density at radius 3 is 2.73 bits per heavy atom. The molecular weight excluding hydrogens is 192 g/mol. The molecule has 0 spiro atoms. The first-order chi connectivity index (χ1) is 7.19. The van der Waals surface area contributed by atoms with Crippen molar-refractivity contribution >= 4 is 5.97 Å². The SMILES string of the molecule is CCCOC(=O)[C@@H]1C[C@H](OC)CC[C@H]1C. The van der Waals surface area contributed by atoms with Crippen molar-refractivity contribution in [3.8, 4) is 0 Å². The highest BCUT2D eigenvalue weighted by Gasteiger charge is 2.33. The van der Waals surface area contributed by atoms with Gasteiger partial charge in [-0.15, -0.1) is 0 Å². The van der Waals surface area contributed by atoms with Gasteiger partial charge in [0.25, 0.3) is 0 Å². The summed E-state index contributed by atoms with van der Waals surface area (Å²) in [6, 6.07) is 0. The number of carbonyl (C=O) groups is 1. The van der Waals surface area contributed by atoms with Crippen LogP contribution in [0.5, 0.6) is 0 Å². The number of hydrogen-bond acceptors (Lipinski definition) is 3. The molecule has 88 valence electrons. The van der Waals surface area contributed by atoms with E-state index in [0.29, 0.717) is 12.5 Å². The average Bonchev–Trinajstić information content (AvgIpc) is 2.26. The molecule has 0 N–H and O–H groups in total. The van der Waals surface area contributed by atoms with Crippen LogP contribution in [-0.4, -0.2) is 25.8 Å². The van der Waals surface area contributed by atoms with Crippen LogP contribution in [0.4, 0.5) is 0 Å². The summed E-state index contributed by atoms with van der Waals surface area (Å²) in [6.45, 7) is 4.68. The quantitative estimate of drug-likeness (QED) is 0.674. The zero-order chi connectivity index (χ0) is 11.3. The van der Waals surface area contributed by atoms with Crippen molar-refractivity contribution in [3.63, 3.8) is 0 Å². The van der Waals surface area contributed by atoms with E-state index < -0.39 is 0 Å². The van der Waals surface area contributed by atoms with E-state index in [1.165, 1.54) is 0 Å². The predicted molar refractivity (Wildman–Crippen MR) is 58.6 cm³/mol. The third kappa shape index (κ3) is 3.49. The van der Waals surface area contributed by atoms with Crippen LogP contribution in [0.25, 0.3) is 0 Å². The van der Waals surface area contributed by atoms with Crippen LogP contribution in [0.3, 0.4) is 0 Å². The van der Waals surface area contributed by atoms with Crippen molar-refractivity contribution in [2.45, 2.75) is 45.6 Å². The molecule has 1 aliphatic carbocycles. The summed E-state index contributed by atoms with van der Waals surface area (Å²) in [5, 5.41) is 0. The molecule has 3 nitrogen and oxygen atoms in total. The van der Waals surface area contributed by atoms with Gasteiger partial charge in [-0.05, 0) is 31.6 Å². The Kier molecular flexibility index (Phi) is 5.09. The van der Waals surface area contributed by atoms with Crippen molar-refractivity contribution in [2.75, 3.05) is 13.7 Å². The maximum Gasteiger partial charge on any atom is 0.309 e. The van der Waals surface area contributed by atoms with Crippen LogP contribution in [0.2, 0.25) is 0 Å². The lowest BCUT2D eigenvalue weighted by Crippen LogP contribution is -2.34. The largest absolute Gasteiger partial charge is 0.465 e. The molecule has 1 aliphatic rings. The molecule has 0 aliphatic heterocycles. The molecule has 3 heteroatoms. The minimum atomic E-state index is -0.0360. The first-order valence-corrected chi connectivity index (χ1v) is 5.88. The van der Waals surface area contributed by atoms with Crippen LogP contribution < -0.4 is 0 Å². The lowest BCUT2D eigenvalue weighted by atomic mass is 9.79. The van der Waals surface area contributed by atoms with Crippen LogP contribution in [-0.2, 0) is 14.3 Å². The molecule has 0 aromatic heterocycles. The second-order valence-corrected chi connectivity index (χ2v) is 4.42. The van der Waals surface area contributed by atoms with Gasteiger partial charge >= 0.3 is 5.97 Å². The summed E-state index contributed by atoms with van der Waals surface area (Å²) < 4.78 is 10.5. The Hall–Kier alpha value is -0.570. The van der Waals surface area contributed by atoms with Crippen LogP contribution in [0.1, 0.15) is 39.5 Å². The van der Waals surface area contributed by atoms with Crippen molar-refractivity contribution in [2.24, 2.45) is 11.8 Å². The van der Waals surface area contributed by atoms with Gasteiger partial charge in [0.2, 0.25) is 0 Å². The Labute approximate surface area is 92.1 Å². The van der Waals surface area contributed by atoms with E-state index in [-0.39, 0.29) is 18.0 Å². The van der Waals surface area contributed by atoms with Gasteiger partial charge in [0.15, 0.2) is 0 Å². The van der Waals surface area contributed by atoms with Crippen LogP contribution in [0, 0.1) is 11.8 Å². The highest BCUT2D eigenvalue weighted by Crippen LogP contribution is 2.32. The van der Waals surface area contributed by atoms with Gasteiger partial charge in [-0.25, -0.2) is 0 Å². The Morgan fingerprint density at radius 1 is 1.40 bits per heavy atom. The molecule has 15 heavy (non-hydrogen) atoms.